The van der Waals surface area contributed by atoms with Gasteiger partial charge in [0.05, 0.1) is 16.9 Å². The van der Waals surface area contributed by atoms with Gasteiger partial charge in [-0.05, 0) is 31.0 Å². The fourth-order valence-electron chi connectivity index (χ4n) is 2.20. The molecular formula is C13H13F3N2O3. The monoisotopic (exact) mass is 302 g/mol. The van der Waals surface area contributed by atoms with Gasteiger partial charge in [0.25, 0.3) is 0 Å². The van der Waals surface area contributed by atoms with Crippen LogP contribution in [0.4, 0.5) is 24.5 Å². The minimum atomic E-state index is -5.03. The van der Waals surface area contributed by atoms with Crippen molar-refractivity contribution in [1.29, 1.82) is 0 Å². The number of carboxylic acids is 1. The molecule has 0 atom stereocenters. The van der Waals surface area contributed by atoms with Crippen LogP contribution >= 0.6 is 0 Å². The minimum Gasteiger partial charge on any atom is -0.478 e. The van der Waals surface area contributed by atoms with E-state index in [1.807, 2.05) is 4.90 Å². The lowest BCUT2D eigenvalue weighted by atomic mass is 10.1. The van der Waals surface area contributed by atoms with Crippen molar-refractivity contribution < 1.29 is 27.9 Å². The average Bonchev–Trinajstić information content (AvgIpc) is 2.91. The molecule has 1 fully saturated rings. The fraction of sp³-hybridized carbons (Fsp3) is 0.385. The summed E-state index contributed by atoms with van der Waals surface area (Å²) < 4.78 is 37.1. The summed E-state index contributed by atoms with van der Waals surface area (Å²) >= 11 is 0. The van der Waals surface area contributed by atoms with E-state index in [2.05, 4.69) is 0 Å². The Balaban J connectivity index is 2.36. The number of halogens is 3. The first-order chi connectivity index (χ1) is 9.79. The highest BCUT2D eigenvalue weighted by Gasteiger charge is 2.39. The molecule has 1 saturated heterocycles. The maximum atomic E-state index is 12.4. The van der Waals surface area contributed by atoms with Gasteiger partial charge in [0.1, 0.15) is 0 Å². The summed E-state index contributed by atoms with van der Waals surface area (Å²) in [5.41, 5.74) is 0.0737. The molecule has 1 amide bonds. The molecule has 114 valence electrons. The maximum Gasteiger partial charge on any atom is 0.471 e. The molecule has 1 aromatic rings. The summed E-state index contributed by atoms with van der Waals surface area (Å²) in [4.78, 5) is 23.8. The number of alkyl halides is 3. The topological polar surface area (TPSA) is 69.6 Å². The molecule has 1 aliphatic rings. The lowest BCUT2D eigenvalue weighted by Crippen LogP contribution is -2.31. The van der Waals surface area contributed by atoms with Crippen LogP contribution in [0.3, 0.4) is 0 Å². The molecule has 0 spiro atoms. The number of aromatic carboxylic acids is 1. The summed E-state index contributed by atoms with van der Waals surface area (Å²) in [5, 5.41) is 10.7. The SMILES string of the molecule is O=C(O)c1ccc(N2CCCC2)c(NC(=O)C(F)(F)F)c1. The summed E-state index contributed by atoms with van der Waals surface area (Å²) in [7, 11) is 0. The molecule has 0 unspecified atom stereocenters. The Hall–Kier alpha value is -2.25. The van der Waals surface area contributed by atoms with Crippen LogP contribution in [0.25, 0.3) is 0 Å². The fourth-order valence-corrected chi connectivity index (χ4v) is 2.20. The van der Waals surface area contributed by atoms with E-state index in [0.29, 0.717) is 18.8 Å². The van der Waals surface area contributed by atoms with Gasteiger partial charge in [0.2, 0.25) is 0 Å². The Morgan fingerprint density at radius 3 is 2.33 bits per heavy atom. The zero-order valence-corrected chi connectivity index (χ0v) is 10.9. The van der Waals surface area contributed by atoms with Crippen molar-refractivity contribution in [2.45, 2.75) is 19.0 Å². The maximum absolute atomic E-state index is 12.4. The van der Waals surface area contributed by atoms with Crippen molar-refractivity contribution in [3.05, 3.63) is 23.8 Å². The molecule has 5 nitrogen and oxygen atoms in total. The van der Waals surface area contributed by atoms with Crippen LogP contribution in [0.5, 0.6) is 0 Å². The average molecular weight is 302 g/mol. The lowest BCUT2D eigenvalue weighted by molar-refractivity contribution is -0.167. The lowest BCUT2D eigenvalue weighted by Gasteiger charge is -2.22. The zero-order chi connectivity index (χ0) is 15.6. The Bertz CT molecular complexity index is 566. The number of carbonyl (C=O) groups is 2. The van der Waals surface area contributed by atoms with Crippen molar-refractivity contribution in [3.8, 4) is 0 Å². The Morgan fingerprint density at radius 2 is 1.81 bits per heavy atom. The van der Waals surface area contributed by atoms with Gasteiger partial charge >= 0.3 is 18.1 Å². The smallest absolute Gasteiger partial charge is 0.471 e. The normalized spacial score (nSPS) is 15.1. The number of hydrogen-bond acceptors (Lipinski definition) is 3. The van der Waals surface area contributed by atoms with Crippen LogP contribution in [0, 0.1) is 0 Å². The number of nitrogens with zero attached hydrogens (tertiary/aromatic N) is 1. The van der Waals surface area contributed by atoms with Gasteiger partial charge in [-0.1, -0.05) is 0 Å². The second kappa shape index (κ2) is 5.63. The molecular weight excluding hydrogens is 289 g/mol. The number of carboxylic acid groups (broad SMARTS) is 1. The van der Waals surface area contributed by atoms with Gasteiger partial charge in [-0.2, -0.15) is 13.2 Å². The van der Waals surface area contributed by atoms with E-state index in [9.17, 15) is 22.8 Å². The van der Waals surface area contributed by atoms with Crippen molar-refractivity contribution in [3.63, 3.8) is 0 Å². The first kappa shape index (κ1) is 15.1. The third-order valence-electron chi connectivity index (χ3n) is 3.20. The van der Waals surface area contributed by atoms with Crippen LogP contribution in [-0.2, 0) is 4.79 Å². The second-order valence-corrected chi connectivity index (χ2v) is 4.68. The number of anilines is 2. The Kier molecular flexibility index (Phi) is 4.06. The number of rotatable bonds is 3. The molecule has 2 rings (SSSR count). The van der Waals surface area contributed by atoms with Crippen molar-refractivity contribution in [2.24, 2.45) is 0 Å². The van der Waals surface area contributed by atoms with Gasteiger partial charge < -0.3 is 15.3 Å². The highest BCUT2D eigenvalue weighted by Crippen LogP contribution is 2.31. The number of carbonyl (C=O) groups excluding carboxylic acids is 1. The molecule has 1 aromatic carbocycles. The third-order valence-corrected chi connectivity index (χ3v) is 3.20. The molecule has 0 saturated carbocycles. The van der Waals surface area contributed by atoms with E-state index in [4.69, 9.17) is 5.11 Å². The van der Waals surface area contributed by atoms with E-state index in [1.165, 1.54) is 12.1 Å². The van der Waals surface area contributed by atoms with Gasteiger partial charge in [-0.15, -0.1) is 0 Å². The number of amides is 1. The van der Waals surface area contributed by atoms with E-state index in [1.54, 1.807) is 5.32 Å². The van der Waals surface area contributed by atoms with Crippen molar-refractivity contribution in [2.75, 3.05) is 23.3 Å². The molecule has 0 aliphatic carbocycles. The first-order valence-electron chi connectivity index (χ1n) is 6.29. The molecule has 1 heterocycles. The minimum absolute atomic E-state index is 0.140. The van der Waals surface area contributed by atoms with E-state index < -0.39 is 18.1 Å². The van der Waals surface area contributed by atoms with E-state index >= 15 is 0 Å². The van der Waals surface area contributed by atoms with Crippen LogP contribution in [-0.4, -0.2) is 36.2 Å². The summed E-state index contributed by atoms with van der Waals surface area (Å²) in [6.07, 6.45) is -3.23. The molecule has 0 aromatic heterocycles. The van der Waals surface area contributed by atoms with E-state index in [-0.39, 0.29) is 11.3 Å². The number of benzene rings is 1. The van der Waals surface area contributed by atoms with Crippen molar-refractivity contribution >= 4 is 23.3 Å². The van der Waals surface area contributed by atoms with Gasteiger partial charge in [0, 0.05) is 13.1 Å². The summed E-state index contributed by atoms with van der Waals surface area (Å²) in [5.74, 6) is -3.39. The molecule has 1 aliphatic heterocycles. The number of nitrogens with one attached hydrogen (secondary N) is 1. The summed E-state index contributed by atoms with van der Waals surface area (Å²) in [6.45, 7) is 1.31. The van der Waals surface area contributed by atoms with Crippen LogP contribution < -0.4 is 10.2 Å². The second-order valence-electron chi connectivity index (χ2n) is 4.68. The van der Waals surface area contributed by atoms with Gasteiger partial charge in [0.15, 0.2) is 0 Å². The van der Waals surface area contributed by atoms with Crippen LogP contribution in [0.2, 0.25) is 0 Å². The molecule has 0 radical (unpaired) electrons. The third kappa shape index (κ3) is 3.45. The zero-order valence-electron chi connectivity index (χ0n) is 10.9. The standard InChI is InChI=1S/C13H13F3N2O3/c14-13(15,16)12(21)17-9-7-8(11(19)20)3-4-10(9)18-5-1-2-6-18/h3-4,7H,1-2,5-6H2,(H,17,21)(H,19,20). The summed E-state index contributed by atoms with van der Waals surface area (Å²) in [6, 6.07) is 3.76. The highest BCUT2D eigenvalue weighted by molar-refractivity contribution is 6.00. The van der Waals surface area contributed by atoms with E-state index in [0.717, 1.165) is 18.9 Å². The van der Waals surface area contributed by atoms with Crippen molar-refractivity contribution in [1.82, 2.24) is 0 Å². The quantitative estimate of drug-likeness (QED) is 0.900. The largest absolute Gasteiger partial charge is 0.478 e. The van der Waals surface area contributed by atoms with Gasteiger partial charge in [-0.3, -0.25) is 4.79 Å². The molecule has 8 heteroatoms. The predicted octanol–water partition coefficient (Wildman–Crippen LogP) is 2.49. The Morgan fingerprint density at radius 1 is 1.19 bits per heavy atom. The number of hydrogen-bond donors (Lipinski definition) is 2. The molecule has 2 N–H and O–H groups in total. The highest BCUT2D eigenvalue weighted by atomic mass is 19.4. The Labute approximate surface area is 118 Å². The molecule has 21 heavy (non-hydrogen) atoms. The molecule has 0 bridgehead atoms. The van der Waals surface area contributed by atoms with Crippen LogP contribution in [0.15, 0.2) is 18.2 Å². The van der Waals surface area contributed by atoms with Gasteiger partial charge in [-0.25, -0.2) is 4.79 Å². The predicted molar refractivity (Wildman–Crippen MR) is 69.5 cm³/mol. The van der Waals surface area contributed by atoms with Crippen LogP contribution in [0.1, 0.15) is 23.2 Å². The first-order valence-corrected chi connectivity index (χ1v) is 6.29.